The summed E-state index contributed by atoms with van der Waals surface area (Å²) < 4.78 is 11.6. The molecule has 2 rings (SSSR count). The highest BCUT2D eigenvalue weighted by Crippen LogP contribution is 2.22. The Morgan fingerprint density at radius 1 is 1.43 bits per heavy atom. The maximum absolute atomic E-state index is 12.2. The molecule has 1 amide bonds. The summed E-state index contributed by atoms with van der Waals surface area (Å²) in [5, 5.41) is 20.4. The molecule has 0 saturated heterocycles. The number of carbonyl (C=O) groups excluding carboxylic acids is 1. The second-order valence-corrected chi connectivity index (χ2v) is 8.30. The van der Waals surface area contributed by atoms with Gasteiger partial charge in [-0.3, -0.25) is 24.2 Å². The summed E-state index contributed by atoms with van der Waals surface area (Å²) in [6, 6.07) is 4.15. The molecule has 124 valence electrons. The van der Waals surface area contributed by atoms with E-state index >= 15 is 0 Å². The van der Waals surface area contributed by atoms with Gasteiger partial charge in [0.05, 0.1) is 10.4 Å². The lowest BCUT2D eigenvalue weighted by molar-refractivity contribution is -0.384. The van der Waals surface area contributed by atoms with Gasteiger partial charge in [0.15, 0.2) is 5.69 Å². The smallest absolute Gasteiger partial charge is 0.272 e. The van der Waals surface area contributed by atoms with E-state index in [0.717, 1.165) is 0 Å². The number of non-ortho nitro benzene ring substituents is 1. The molecule has 1 atom stereocenters. The summed E-state index contributed by atoms with van der Waals surface area (Å²) in [5.41, 5.74) is 0.519. The highest BCUT2D eigenvalue weighted by Gasteiger charge is 2.20. The van der Waals surface area contributed by atoms with Gasteiger partial charge in [-0.1, -0.05) is 0 Å². The zero-order chi connectivity index (χ0) is 17.2. The van der Waals surface area contributed by atoms with Crippen LogP contribution in [0, 0.1) is 10.1 Å². The van der Waals surface area contributed by atoms with Gasteiger partial charge in [-0.2, -0.15) is 5.10 Å². The van der Waals surface area contributed by atoms with Crippen LogP contribution in [0.5, 0.6) is 0 Å². The van der Waals surface area contributed by atoms with Crippen LogP contribution in [0.25, 0.3) is 10.9 Å². The monoisotopic (exact) mass is 338 g/mol. The molecule has 0 radical (unpaired) electrons. The van der Waals surface area contributed by atoms with E-state index in [-0.39, 0.29) is 22.7 Å². The number of nitro groups is 1. The number of hydrogen-bond donors (Lipinski definition) is 2. The van der Waals surface area contributed by atoms with Crippen LogP contribution >= 0.6 is 0 Å². The standard InChI is InChI=1S/C14H18N4O4S/c1-14(2,3)23(22)7-6-15-13(19)12-10-8-9(18(20)21)4-5-11(10)16-17-12/h4-5,8H,6-7H2,1-3H3,(H,15,19)(H,16,17)/t23-/m0/s1. The van der Waals surface area contributed by atoms with Crippen LogP contribution in [0.1, 0.15) is 31.3 Å². The molecule has 23 heavy (non-hydrogen) atoms. The highest BCUT2D eigenvalue weighted by atomic mass is 32.2. The minimum Gasteiger partial charge on any atom is -0.350 e. The molecule has 1 aromatic carbocycles. The summed E-state index contributed by atoms with van der Waals surface area (Å²) >= 11 is 0. The third-order valence-electron chi connectivity index (χ3n) is 3.23. The number of H-pyrrole nitrogens is 1. The Bertz CT molecular complexity index is 779. The molecule has 8 nitrogen and oxygen atoms in total. The number of benzene rings is 1. The predicted molar refractivity (Wildman–Crippen MR) is 87.8 cm³/mol. The Morgan fingerprint density at radius 2 is 2.13 bits per heavy atom. The van der Waals surface area contributed by atoms with Crippen molar-refractivity contribution in [3.63, 3.8) is 0 Å². The van der Waals surface area contributed by atoms with Gasteiger partial charge < -0.3 is 5.32 Å². The number of rotatable bonds is 5. The molecule has 0 aliphatic rings. The molecule has 0 saturated carbocycles. The van der Waals surface area contributed by atoms with E-state index < -0.39 is 21.6 Å². The Labute approximate surface area is 135 Å². The molecular formula is C14H18N4O4S. The number of fused-ring (bicyclic) bond motifs is 1. The van der Waals surface area contributed by atoms with Crippen LogP contribution in [0.3, 0.4) is 0 Å². The molecule has 1 heterocycles. The van der Waals surface area contributed by atoms with Crippen molar-refractivity contribution >= 4 is 33.3 Å². The quantitative estimate of drug-likeness (QED) is 0.636. The molecule has 0 bridgehead atoms. The van der Waals surface area contributed by atoms with Crippen molar-refractivity contribution in [1.29, 1.82) is 0 Å². The third kappa shape index (κ3) is 3.92. The van der Waals surface area contributed by atoms with Gasteiger partial charge in [0.1, 0.15) is 0 Å². The van der Waals surface area contributed by atoms with Crippen molar-refractivity contribution in [2.45, 2.75) is 25.5 Å². The van der Waals surface area contributed by atoms with E-state index in [1.807, 2.05) is 20.8 Å². The summed E-state index contributed by atoms with van der Waals surface area (Å²) in [4.78, 5) is 22.5. The van der Waals surface area contributed by atoms with Gasteiger partial charge >= 0.3 is 0 Å². The predicted octanol–water partition coefficient (Wildman–Crippen LogP) is 1.75. The van der Waals surface area contributed by atoms with Crippen LogP contribution in [0.15, 0.2) is 18.2 Å². The SMILES string of the molecule is CC(C)(C)[S@@](=O)CCNC(=O)c1n[nH]c2ccc([N+](=O)[O-])cc12. The number of aromatic amines is 1. The summed E-state index contributed by atoms with van der Waals surface area (Å²) in [5.74, 6) is -0.125. The first-order chi connectivity index (χ1) is 10.7. The van der Waals surface area contributed by atoms with Crippen molar-refractivity contribution in [3.8, 4) is 0 Å². The van der Waals surface area contributed by atoms with Crippen molar-refractivity contribution in [1.82, 2.24) is 15.5 Å². The van der Waals surface area contributed by atoms with Crippen molar-refractivity contribution in [2.24, 2.45) is 0 Å². The summed E-state index contributed by atoms with van der Waals surface area (Å²) in [6.07, 6.45) is 0. The fourth-order valence-electron chi connectivity index (χ4n) is 1.94. The zero-order valence-electron chi connectivity index (χ0n) is 13.1. The third-order valence-corrected chi connectivity index (χ3v) is 5.17. The van der Waals surface area contributed by atoms with Crippen LogP contribution in [-0.2, 0) is 10.8 Å². The topological polar surface area (TPSA) is 118 Å². The number of nitrogens with zero attached hydrogens (tertiary/aromatic N) is 2. The van der Waals surface area contributed by atoms with E-state index in [1.54, 1.807) is 0 Å². The number of nitro benzene ring substituents is 1. The molecule has 0 spiro atoms. The highest BCUT2D eigenvalue weighted by molar-refractivity contribution is 7.86. The van der Waals surface area contributed by atoms with Crippen molar-refractivity contribution < 1.29 is 13.9 Å². The van der Waals surface area contributed by atoms with E-state index in [0.29, 0.717) is 16.7 Å². The first-order valence-electron chi connectivity index (χ1n) is 6.99. The van der Waals surface area contributed by atoms with Gasteiger partial charge in [0.2, 0.25) is 0 Å². The maximum atomic E-state index is 12.2. The van der Waals surface area contributed by atoms with Gasteiger partial charge in [-0.15, -0.1) is 0 Å². The largest absolute Gasteiger partial charge is 0.350 e. The average molecular weight is 338 g/mol. The Balaban J connectivity index is 2.11. The summed E-state index contributed by atoms with van der Waals surface area (Å²) in [6.45, 7) is 5.84. The molecule has 0 fully saturated rings. The van der Waals surface area contributed by atoms with E-state index in [1.165, 1.54) is 18.2 Å². The van der Waals surface area contributed by atoms with E-state index in [9.17, 15) is 19.1 Å². The first-order valence-corrected chi connectivity index (χ1v) is 8.31. The summed E-state index contributed by atoms with van der Waals surface area (Å²) in [7, 11) is -1.07. The van der Waals surface area contributed by atoms with Crippen LogP contribution in [0.4, 0.5) is 5.69 Å². The first kappa shape index (κ1) is 17.1. The van der Waals surface area contributed by atoms with Gasteiger partial charge in [0, 0.05) is 45.4 Å². The molecular weight excluding hydrogens is 320 g/mol. The lowest BCUT2D eigenvalue weighted by atomic mass is 10.2. The number of carbonyl (C=O) groups is 1. The fourth-order valence-corrected chi connectivity index (χ4v) is 2.84. The van der Waals surface area contributed by atoms with Crippen LogP contribution in [0.2, 0.25) is 0 Å². The second kappa shape index (κ2) is 6.45. The van der Waals surface area contributed by atoms with Gasteiger partial charge in [0.25, 0.3) is 11.6 Å². The van der Waals surface area contributed by atoms with Gasteiger partial charge in [-0.05, 0) is 26.8 Å². The Morgan fingerprint density at radius 3 is 2.74 bits per heavy atom. The lowest BCUT2D eigenvalue weighted by Gasteiger charge is -2.17. The molecule has 2 aromatic rings. The molecule has 0 aliphatic carbocycles. The maximum Gasteiger partial charge on any atom is 0.272 e. The molecule has 0 unspecified atom stereocenters. The van der Waals surface area contributed by atoms with E-state index in [4.69, 9.17) is 0 Å². The van der Waals surface area contributed by atoms with Crippen LogP contribution in [-0.4, -0.2) is 42.3 Å². The normalized spacial score (nSPS) is 13.0. The average Bonchev–Trinajstić information content (AvgIpc) is 2.88. The lowest BCUT2D eigenvalue weighted by Crippen LogP contribution is -2.32. The van der Waals surface area contributed by atoms with E-state index in [2.05, 4.69) is 15.5 Å². The molecule has 1 aromatic heterocycles. The number of amides is 1. The van der Waals surface area contributed by atoms with Crippen molar-refractivity contribution in [3.05, 3.63) is 34.0 Å². The Hall–Kier alpha value is -2.29. The molecule has 0 aliphatic heterocycles. The Kier molecular flexibility index (Phi) is 4.79. The number of aromatic nitrogens is 2. The minimum absolute atomic E-state index is 0.0882. The van der Waals surface area contributed by atoms with Crippen molar-refractivity contribution in [2.75, 3.05) is 12.3 Å². The van der Waals surface area contributed by atoms with Crippen LogP contribution < -0.4 is 5.32 Å². The minimum atomic E-state index is -1.07. The molecule has 9 heteroatoms. The fraction of sp³-hybridized carbons (Fsp3) is 0.429. The van der Waals surface area contributed by atoms with Gasteiger partial charge in [-0.25, -0.2) is 0 Å². The number of nitrogens with one attached hydrogen (secondary N) is 2. The molecule has 2 N–H and O–H groups in total. The number of hydrogen-bond acceptors (Lipinski definition) is 5. The zero-order valence-corrected chi connectivity index (χ0v) is 13.9. The second-order valence-electron chi connectivity index (χ2n) is 5.98.